The van der Waals surface area contributed by atoms with E-state index in [9.17, 15) is 9.90 Å². The van der Waals surface area contributed by atoms with Crippen LogP contribution in [0.4, 0.5) is 5.69 Å². The number of phenolic OH excluding ortho intramolecular Hbond substituents is 1. The maximum absolute atomic E-state index is 12.2. The molecule has 0 saturated carbocycles. The molecule has 2 aromatic carbocycles. The first kappa shape index (κ1) is 18.5. The van der Waals surface area contributed by atoms with Crippen LogP contribution in [0.3, 0.4) is 0 Å². The lowest BCUT2D eigenvalue weighted by Gasteiger charge is -2.18. The summed E-state index contributed by atoms with van der Waals surface area (Å²) in [6.45, 7) is 4.19. The van der Waals surface area contributed by atoms with Crippen LogP contribution in [0, 0.1) is 0 Å². The fraction of sp³-hybridized carbons (Fsp3) is 0.158. The molecule has 5 nitrogen and oxygen atoms in total. The average Bonchev–Trinajstić information content (AvgIpc) is 2.63. The molecule has 130 valence electrons. The van der Waals surface area contributed by atoms with Crippen LogP contribution in [-0.2, 0) is 4.79 Å². The molecule has 1 amide bonds. The molecular weight excluding hydrogens is 336 g/mol. The molecule has 0 spiro atoms. The third kappa shape index (κ3) is 5.06. The quantitative estimate of drug-likeness (QED) is 0.716. The lowest BCUT2D eigenvalue weighted by atomic mass is 10.1. The van der Waals surface area contributed by atoms with Crippen LogP contribution in [0.2, 0.25) is 0 Å². The highest BCUT2D eigenvalue weighted by atomic mass is 32.1. The van der Waals surface area contributed by atoms with Gasteiger partial charge < -0.3 is 15.2 Å². The third-order valence-corrected chi connectivity index (χ3v) is 3.46. The number of carbonyl (C=O) groups excluding carboxylic acids is 1. The molecule has 3 N–H and O–H groups in total. The summed E-state index contributed by atoms with van der Waals surface area (Å²) in [5, 5.41) is 15.0. The van der Waals surface area contributed by atoms with Gasteiger partial charge in [-0.1, -0.05) is 38.1 Å². The first-order valence-electron chi connectivity index (χ1n) is 7.95. The van der Waals surface area contributed by atoms with E-state index in [4.69, 9.17) is 17.0 Å². The summed E-state index contributed by atoms with van der Waals surface area (Å²) in [7, 11) is 0. The number of hydrogen-bond donors (Lipinski definition) is 3. The molecule has 6 heteroatoms. The van der Waals surface area contributed by atoms with Crippen molar-refractivity contribution in [3.63, 3.8) is 0 Å². The van der Waals surface area contributed by atoms with Crippen molar-refractivity contribution < 1.29 is 14.6 Å². The Bertz CT molecular complexity index is 803. The number of fused-ring (bicyclic) bond motifs is 1. The van der Waals surface area contributed by atoms with Gasteiger partial charge in [-0.15, -0.1) is 0 Å². The van der Waals surface area contributed by atoms with Gasteiger partial charge in [0.05, 0.1) is 5.57 Å². The minimum atomic E-state index is -0.322. The first-order chi connectivity index (χ1) is 12.1. The Labute approximate surface area is 152 Å². The minimum absolute atomic E-state index is 0.115. The van der Waals surface area contributed by atoms with Gasteiger partial charge in [-0.3, -0.25) is 10.1 Å². The normalized spacial score (nSPS) is 11.7. The summed E-state index contributed by atoms with van der Waals surface area (Å²) in [6, 6.07) is 14.0. The fourth-order valence-electron chi connectivity index (χ4n) is 2.18. The highest BCUT2D eigenvalue weighted by molar-refractivity contribution is 7.80. The zero-order valence-corrected chi connectivity index (χ0v) is 14.9. The van der Waals surface area contributed by atoms with Crippen LogP contribution in [0.5, 0.6) is 11.5 Å². The fourth-order valence-corrected chi connectivity index (χ4v) is 2.39. The number of phenols is 1. The molecule has 0 radical (unpaired) electrons. The van der Waals surface area contributed by atoms with Crippen LogP contribution in [-0.4, -0.2) is 22.7 Å². The number of anilines is 1. The van der Waals surface area contributed by atoms with Crippen molar-refractivity contribution in [2.24, 2.45) is 0 Å². The number of nitrogens with one attached hydrogen (secondary N) is 2. The molecule has 0 bridgehead atoms. The molecule has 1 heterocycles. The number of thiocarbonyl (C=S) groups is 1. The molecule has 0 atom stereocenters. The van der Waals surface area contributed by atoms with E-state index in [1.807, 2.05) is 38.1 Å². The van der Waals surface area contributed by atoms with Gasteiger partial charge in [-0.2, -0.15) is 0 Å². The number of amides is 1. The van der Waals surface area contributed by atoms with Gasteiger partial charge in [-0.05, 0) is 36.5 Å². The zero-order valence-electron chi connectivity index (χ0n) is 14.1. The molecule has 2 aromatic rings. The van der Waals surface area contributed by atoms with Gasteiger partial charge in [-0.25, -0.2) is 0 Å². The molecule has 0 fully saturated rings. The summed E-state index contributed by atoms with van der Waals surface area (Å²) in [5.41, 5.74) is 1.94. The average molecular weight is 356 g/mol. The van der Waals surface area contributed by atoms with Gasteiger partial charge >= 0.3 is 0 Å². The van der Waals surface area contributed by atoms with Crippen molar-refractivity contribution in [1.29, 1.82) is 0 Å². The van der Waals surface area contributed by atoms with E-state index in [0.717, 1.165) is 11.3 Å². The second kappa shape index (κ2) is 8.84. The van der Waals surface area contributed by atoms with Gasteiger partial charge in [0, 0.05) is 17.3 Å². The Morgan fingerprint density at radius 3 is 2.68 bits per heavy atom. The van der Waals surface area contributed by atoms with Gasteiger partial charge in [0.25, 0.3) is 5.91 Å². The molecule has 0 saturated heterocycles. The van der Waals surface area contributed by atoms with Gasteiger partial charge in [0.2, 0.25) is 0 Å². The minimum Gasteiger partial charge on any atom is -0.508 e. The largest absolute Gasteiger partial charge is 0.508 e. The number of hydrogen-bond acceptors (Lipinski definition) is 4. The molecule has 1 aliphatic rings. The van der Waals surface area contributed by atoms with Crippen LogP contribution < -0.4 is 15.4 Å². The van der Waals surface area contributed by atoms with E-state index in [1.165, 1.54) is 6.07 Å². The van der Waals surface area contributed by atoms with E-state index in [0.29, 0.717) is 11.3 Å². The highest BCUT2D eigenvalue weighted by Crippen LogP contribution is 2.25. The monoisotopic (exact) mass is 356 g/mol. The Balaban J connectivity index is 0.00000109. The van der Waals surface area contributed by atoms with Crippen molar-refractivity contribution in [1.82, 2.24) is 5.32 Å². The lowest BCUT2D eigenvalue weighted by Crippen LogP contribution is -2.36. The summed E-state index contributed by atoms with van der Waals surface area (Å²) >= 11 is 5.11. The molecule has 3 rings (SSSR count). The number of carbonyl (C=O) groups is 1. The molecular formula is C19H20N2O3S. The van der Waals surface area contributed by atoms with Crippen molar-refractivity contribution in [3.8, 4) is 11.5 Å². The van der Waals surface area contributed by atoms with E-state index >= 15 is 0 Å². The Morgan fingerprint density at radius 2 is 1.92 bits per heavy atom. The SMILES string of the molecule is CC.O=C(NC(=S)Nc1cccc(O)c1)C1=Cc2ccccc2OC1. The summed E-state index contributed by atoms with van der Waals surface area (Å²) in [4.78, 5) is 12.2. The second-order valence-electron chi connectivity index (χ2n) is 4.95. The predicted molar refractivity (Wildman–Crippen MR) is 104 cm³/mol. The van der Waals surface area contributed by atoms with Gasteiger partial charge in [0.15, 0.2) is 5.11 Å². The Hall–Kier alpha value is -2.86. The Morgan fingerprint density at radius 1 is 1.16 bits per heavy atom. The second-order valence-corrected chi connectivity index (χ2v) is 5.36. The third-order valence-electron chi connectivity index (χ3n) is 3.25. The van der Waals surface area contributed by atoms with E-state index < -0.39 is 0 Å². The van der Waals surface area contributed by atoms with Crippen LogP contribution >= 0.6 is 12.2 Å². The lowest BCUT2D eigenvalue weighted by molar-refractivity contribution is -0.116. The molecule has 0 aliphatic carbocycles. The van der Waals surface area contributed by atoms with Gasteiger partial charge in [0.1, 0.15) is 18.1 Å². The summed E-state index contributed by atoms with van der Waals surface area (Å²) in [5.74, 6) is 0.547. The number of aromatic hydroxyl groups is 1. The van der Waals surface area contributed by atoms with Crippen molar-refractivity contribution in [2.75, 3.05) is 11.9 Å². The summed E-state index contributed by atoms with van der Waals surface area (Å²) in [6.07, 6.45) is 1.78. The topological polar surface area (TPSA) is 70.6 Å². The maximum atomic E-state index is 12.2. The molecule has 0 aromatic heterocycles. The highest BCUT2D eigenvalue weighted by Gasteiger charge is 2.17. The van der Waals surface area contributed by atoms with Crippen LogP contribution in [0.15, 0.2) is 54.1 Å². The standard InChI is InChI=1S/C17H14N2O3S.C2H6/c20-14-6-3-5-13(9-14)18-17(23)19-16(21)12-8-11-4-1-2-7-15(11)22-10-12;1-2/h1-9,20H,10H2,(H2,18,19,21,23);1-2H3. The summed E-state index contributed by atoms with van der Waals surface area (Å²) < 4.78 is 5.55. The predicted octanol–water partition coefficient (Wildman–Crippen LogP) is 3.71. The number of ether oxygens (including phenoxy) is 1. The van der Waals surface area contributed by atoms with Crippen LogP contribution in [0.1, 0.15) is 19.4 Å². The molecule has 25 heavy (non-hydrogen) atoms. The van der Waals surface area contributed by atoms with Crippen molar-refractivity contribution in [2.45, 2.75) is 13.8 Å². The Kier molecular flexibility index (Phi) is 6.54. The maximum Gasteiger partial charge on any atom is 0.256 e. The molecule has 1 aliphatic heterocycles. The van der Waals surface area contributed by atoms with E-state index in [-0.39, 0.29) is 23.4 Å². The van der Waals surface area contributed by atoms with E-state index in [2.05, 4.69) is 10.6 Å². The number of rotatable bonds is 2. The van der Waals surface area contributed by atoms with Crippen molar-refractivity contribution >= 4 is 35.0 Å². The molecule has 0 unspecified atom stereocenters. The number of benzene rings is 2. The number of para-hydroxylation sites is 1. The van der Waals surface area contributed by atoms with E-state index in [1.54, 1.807) is 24.3 Å². The zero-order chi connectivity index (χ0) is 18.2. The smallest absolute Gasteiger partial charge is 0.256 e. The van der Waals surface area contributed by atoms with Crippen molar-refractivity contribution in [3.05, 3.63) is 59.7 Å². The first-order valence-corrected chi connectivity index (χ1v) is 8.36. The van der Waals surface area contributed by atoms with Crippen LogP contribution in [0.25, 0.3) is 6.08 Å².